The van der Waals surface area contributed by atoms with Crippen LogP contribution in [-0.4, -0.2) is 50.2 Å². The molecule has 1 atom stereocenters. The summed E-state index contributed by atoms with van der Waals surface area (Å²) in [7, 11) is 0. The Kier molecular flexibility index (Phi) is 6.60. The van der Waals surface area contributed by atoms with Crippen LogP contribution in [0.4, 0.5) is 5.82 Å². The first-order valence-corrected chi connectivity index (χ1v) is 12.1. The summed E-state index contributed by atoms with van der Waals surface area (Å²) >= 11 is 0. The van der Waals surface area contributed by atoms with Crippen LogP contribution in [0.1, 0.15) is 40.4 Å². The zero-order valence-corrected chi connectivity index (χ0v) is 20.2. The molecule has 3 N–H and O–H groups in total. The summed E-state index contributed by atoms with van der Waals surface area (Å²) in [6.45, 7) is 4.41. The molecule has 1 unspecified atom stereocenters. The maximum Gasteiger partial charge on any atom is 0.251 e. The molecule has 0 saturated carbocycles. The molecule has 1 aliphatic rings. The second-order valence-corrected chi connectivity index (χ2v) is 9.13. The molecule has 9 nitrogen and oxygen atoms in total. The molecule has 1 amide bonds. The van der Waals surface area contributed by atoms with Gasteiger partial charge < -0.3 is 11.1 Å². The van der Waals surface area contributed by atoms with E-state index in [0.29, 0.717) is 30.1 Å². The topological polar surface area (TPSA) is 126 Å². The van der Waals surface area contributed by atoms with E-state index in [9.17, 15) is 4.79 Å². The van der Waals surface area contributed by atoms with Gasteiger partial charge in [0.15, 0.2) is 5.65 Å². The van der Waals surface area contributed by atoms with Gasteiger partial charge in [0.05, 0.1) is 24.0 Å². The van der Waals surface area contributed by atoms with Crippen LogP contribution in [0.15, 0.2) is 54.9 Å². The molecule has 2 aromatic heterocycles. The third kappa shape index (κ3) is 4.63. The monoisotopic (exact) mass is 480 g/mol. The number of carbonyl (C=O) groups is 1. The predicted octanol–water partition coefficient (Wildman–Crippen LogP) is 3.47. The number of nitrogens with one attached hydrogen (secondary N) is 1. The highest BCUT2D eigenvalue weighted by atomic mass is 16.1. The Morgan fingerprint density at radius 3 is 2.78 bits per heavy atom. The largest absolute Gasteiger partial charge is 0.383 e. The summed E-state index contributed by atoms with van der Waals surface area (Å²) in [5.74, 6) is 0.297. The molecule has 0 aliphatic carbocycles. The molecule has 5 rings (SSSR count). The fourth-order valence-corrected chi connectivity index (χ4v) is 4.81. The summed E-state index contributed by atoms with van der Waals surface area (Å²) < 4.78 is 1.95. The van der Waals surface area contributed by atoms with Gasteiger partial charge in [0.2, 0.25) is 0 Å². The van der Waals surface area contributed by atoms with Gasteiger partial charge >= 0.3 is 0 Å². The minimum Gasteiger partial charge on any atom is -0.383 e. The van der Waals surface area contributed by atoms with Crippen LogP contribution in [0.2, 0.25) is 0 Å². The molecule has 9 heteroatoms. The van der Waals surface area contributed by atoms with Crippen molar-refractivity contribution in [3.05, 3.63) is 71.5 Å². The lowest BCUT2D eigenvalue weighted by Crippen LogP contribution is -2.37. The van der Waals surface area contributed by atoms with E-state index in [0.717, 1.165) is 53.7 Å². The van der Waals surface area contributed by atoms with Crippen molar-refractivity contribution in [2.75, 3.05) is 25.4 Å². The fourth-order valence-electron chi connectivity index (χ4n) is 4.81. The maximum atomic E-state index is 12.6. The van der Waals surface area contributed by atoms with E-state index in [4.69, 9.17) is 16.1 Å². The van der Waals surface area contributed by atoms with Crippen molar-refractivity contribution in [2.45, 2.75) is 32.4 Å². The lowest BCUT2D eigenvalue weighted by molar-refractivity contribution is 0.0950. The number of nitriles is 1. The highest BCUT2D eigenvalue weighted by molar-refractivity contribution is 5.98. The Morgan fingerprint density at radius 1 is 1.19 bits per heavy atom. The van der Waals surface area contributed by atoms with Crippen LogP contribution in [0, 0.1) is 18.3 Å². The van der Waals surface area contributed by atoms with Gasteiger partial charge in [-0.05, 0) is 43.5 Å². The van der Waals surface area contributed by atoms with Gasteiger partial charge in [-0.15, -0.1) is 0 Å². The van der Waals surface area contributed by atoms with E-state index in [2.05, 4.69) is 26.3 Å². The summed E-state index contributed by atoms with van der Waals surface area (Å²) in [6.07, 6.45) is 3.42. The molecule has 36 heavy (non-hydrogen) atoms. The molecule has 0 bridgehead atoms. The summed E-state index contributed by atoms with van der Waals surface area (Å²) in [5, 5.41) is 17.8. The second-order valence-electron chi connectivity index (χ2n) is 9.13. The zero-order valence-electron chi connectivity index (χ0n) is 20.2. The SMILES string of the molecule is Cc1ccccc1C(=O)NCc1ccc(-c2nn(C3CCCN(CC#N)C3)c3ncnc(N)c23)cc1. The van der Waals surface area contributed by atoms with E-state index in [1.54, 1.807) is 0 Å². The van der Waals surface area contributed by atoms with Crippen molar-refractivity contribution in [2.24, 2.45) is 0 Å². The number of nitrogens with two attached hydrogens (primary N) is 1. The van der Waals surface area contributed by atoms with Gasteiger partial charge in [-0.25, -0.2) is 14.6 Å². The van der Waals surface area contributed by atoms with Gasteiger partial charge in [-0.2, -0.15) is 10.4 Å². The van der Waals surface area contributed by atoms with Crippen LogP contribution in [0.5, 0.6) is 0 Å². The number of anilines is 1. The number of fused-ring (bicyclic) bond motifs is 1. The average molecular weight is 481 g/mol. The second kappa shape index (κ2) is 10.1. The van der Waals surface area contributed by atoms with Crippen molar-refractivity contribution in [1.29, 1.82) is 5.26 Å². The Balaban J connectivity index is 1.39. The maximum absolute atomic E-state index is 12.6. The number of hydrogen-bond donors (Lipinski definition) is 2. The Hall–Kier alpha value is -4.29. The number of carbonyl (C=O) groups excluding carboxylic acids is 1. The van der Waals surface area contributed by atoms with Crippen LogP contribution in [0.3, 0.4) is 0 Å². The smallest absolute Gasteiger partial charge is 0.251 e. The lowest BCUT2D eigenvalue weighted by Gasteiger charge is -2.31. The van der Waals surface area contributed by atoms with E-state index in [1.807, 2.05) is 60.1 Å². The van der Waals surface area contributed by atoms with E-state index < -0.39 is 0 Å². The van der Waals surface area contributed by atoms with Crippen molar-refractivity contribution in [3.63, 3.8) is 0 Å². The molecule has 4 aromatic rings. The van der Waals surface area contributed by atoms with Gasteiger partial charge in [-0.3, -0.25) is 9.69 Å². The molecule has 0 spiro atoms. The van der Waals surface area contributed by atoms with Gasteiger partial charge in [0.1, 0.15) is 17.8 Å². The van der Waals surface area contributed by atoms with E-state index in [-0.39, 0.29) is 11.9 Å². The first kappa shape index (κ1) is 23.5. The normalized spacial score (nSPS) is 16.1. The average Bonchev–Trinajstić information content (AvgIpc) is 3.29. The fraction of sp³-hybridized carbons (Fsp3) is 0.296. The van der Waals surface area contributed by atoms with Crippen molar-refractivity contribution in [3.8, 4) is 17.3 Å². The van der Waals surface area contributed by atoms with Crippen LogP contribution in [-0.2, 0) is 6.54 Å². The molecule has 182 valence electrons. The number of benzene rings is 2. The number of nitrogen functional groups attached to an aromatic ring is 1. The number of aryl methyl sites for hydroxylation is 1. The van der Waals surface area contributed by atoms with Crippen LogP contribution >= 0.6 is 0 Å². The third-order valence-corrected chi connectivity index (χ3v) is 6.71. The molecular formula is C27H28N8O. The molecule has 0 radical (unpaired) electrons. The predicted molar refractivity (Wildman–Crippen MR) is 138 cm³/mol. The van der Waals surface area contributed by atoms with E-state index in [1.165, 1.54) is 6.33 Å². The first-order chi connectivity index (χ1) is 17.5. The number of aromatic nitrogens is 4. The van der Waals surface area contributed by atoms with Gasteiger partial charge in [0.25, 0.3) is 5.91 Å². The summed E-state index contributed by atoms with van der Waals surface area (Å²) in [6, 6.07) is 17.8. The molecule has 1 saturated heterocycles. The number of piperidine rings is 1. The minimum atomic E-state index is -0.0928. The minimum absolute atomic E-state index is 0.0928. The summed E-state index contributed by atoms with van der Waals surface area (Å²) in [4.78, 5) is 23.4. The highest BCUT2D eigenvalue weighted by Gasteiger charge is 2.26. The Bertz CT molecular complexity index is 1440. The van der Waals surface area contributed by atoms with Crippen LogP contribution in [0.25, 0.3) is 22.3 Å². The molecule has 1 aliphatic heterocycles. The number of amides is 1. The number of nitrogens with zero attached hydrogens (tertiary/aromatic N) is 6. The Labute approximate surface area is 209 Å². The standard InChI is InChI=1S/C27H28N8O/c1-18-5-2-3-7-22(18)27(36)30-15-19-8-10-20(11-9-19)24-23-25(29)31-17-32-26(23)35(33-24)21-6-4-13-34(16-21)14-12-28/h2-3,5,7-11,17,21H,4,6,13-16H2,1H3,(H,30,36)(H2,29,31,32). The van der Waals surface area contributed by atoms with Crippen molar-refractivity contribution >= 4 is 22.8 Å². The van der Waals surface area contributed by atoms with Gasteiger partial charge in [0, 0.05) is 24.2 Å². The number of hydrogen-bond acceptors (Lipinski definition) is 7. The molecule has 3 heterocycles. The van der Waals surface area contributed by atoms with Gasteiger partial charge in [-0.1, -0.05) is 42.5 Å². The molecule has 1 fully saturated rings. The highest BCUT2D eigenvalue weighted by Crippen LogP contribution is 2.33. The zero-order chi connectivity index (χ0) is 25.1. The quantitative estimate of drug-likeness (QED) is 0.405. The van der Waals surface area contributed by atoms with E-state index >= 15 is 0 Å². The first-order valence-electron chi connectivity index (χ1n) is 12.1. The Morgan fingerprint density at radius 2 is 2.00 bits per heavy atom. The third-order valence-electron chi connectivity index (χ3n) is 6.71. The van der Waals surface area contributed by atoms with Crippen molar-refractivity contribution in [1.82, 2.24) is 30.0 Å². The number of likely N-dealkylation sites (tertiary alicyclic amines) is 1. The summed E-state index contributed by atoms with van der Waals surface area (Å²) in [5.41, 5.74) is 11.2. The van der Waals surface area contributed by atoms with Crippen molar-refractivity contribution < 1.29 is 4.79 Å². The number of rotatable bonds is 6. The molecular weight excluding hydrogens is 452 g/mol. The van der Waals surface area contributed by atoms with Crippen LogP contribution < -0.4 is 11.1 Å². The lowest BCUT2D eigenvalue weighted by atomic mass is 10.1. The molecule has 2 aromatic carbocycles.